The van der Waals surface area contributed by atoms with E-state index in [1.807, 2.05) is 12.3 Å². The van der Waals surface area contributed by atoms with Gasteiger partial charge in [-0.1, -0.05) is 24.3 Å². The van der Waals surface area contributed by atoms with Crippen molar-refractivity contribution in [2.75, 3.05) is 89.4 Å². The van der Waals surface area contributed by atoms with E-state index in [1.54, 1.807) is 0 Å². The summed E-state index contributed by atoms with van der Waals surface area (Å²) in [7, 11) is 2.13. The zero-order chi connectivity index (χ0) is 28.7. The molecule has 6 aliphatic rings. The van der Waals surface area contributed by atoms with Gasteiger partial charge in [0.2, 0.25) is 11.9 Å². The summed E-state index contributed by atoms with van der Waals surface area (Å²) in [5, 5.41) is 6.62. The fourth-order valence-corrected chi connectivity index (χ4v) is 5.92. The van der Waals surface area contributed by atoms with Crippen LogP contribution in [-0.4, -0.2) is 110 Å². The van der Waals surface area contributed by atoms with Crippen LogP contribution in [0, 0.1) is 0 Å². The van der Waals surface area contributed by atoms with Gasteiger partial charge >= 0.3 is 0 Å². The van der Waals surface area contributed by atoms with Gasteiger partial charge in [-0.05, 0) is 55.4 Å². The van der Waals surface area contributed by atoms with Crippen molar-refractivity contribution in [3.8, 4) is 11.3 Å². The zero-order valence-electron chi connectivity index (χ0n) is 24.6. The second-order valence-electron chi connectivity index (χ2n) is 11.6. The minimum absolute atomic E-state index is 0.121. The van der Waals surface area contributed by atoms with Crippen LogP contribution in [0.5, 0.6) is 0 Å². The first kappa shape index (κ1) is 28.5. The van der Waals surface area contributed by atoms with Crippen LogP contribution in [0.25, 0.3) is 11.3 Å². The highest BCUT2D eigenvalue weighted by Crippen LogP contribution is 2.27. The summed E-state index contributed by atoms with van der Waals surface area (Å²) in [6.45, 7) is 10.7. The van der Waals surface area contributed by atoms with Gasteiger partial charge in [0, 0.05) is 82.0 Å². The van der Waals surface area contributed by atoms with Crippen molar-refractivity contribution in [2.24, 2.45) is 0 Å². The van der Waals surface area contributed by atoms with Gasteiger partial charge in [-0.15, -0.1) is 0 Å². The Morgan fingerprint density at radius 3 is 2.36 bits per heavy atom. The van der Waals surface area contributed by atoms with E-state index in [-0.39, 0.29) is 5.91 Å². The third kappa shape index (κ3) is 7.63. The summed E-state index contributed by atoms with van der Waals surface area (Å²) in [4.78, 5) is 31.5. The van der Waals surface area contributed by atoms with Crippen LogP contribution in [-0.2, 0) is 22.6 Å². The number of hydrogen-bond donors (Lipinski definition) is 2. The number of carbonyl (C=O) groups excluding carboxylic acids is 1. The lowest BCUT2D eigenvalue weighted by Crippen LogP contribution is -2.49. The third-order valence-corrected chi connectivity index (χ3v) is 8.24. The summed E-state index contributed by atoms with van der Waals surface area (Å²) in [5.74, 6) is 0.707. The molecule has 1 amide bonds. The summed E-state index contributed by atoms with van der Waals surface area (Å²) >= 11 is 0. The van der Waals surface area contributed by atoms with Crippen molar-refractivity contribution in [3.63, 3.8) is 0 Å². The topological polar surface area (TPSA) is 89.1 Å². The van der Waals surface area contributed by atoms with Crippen molar-refractivity contribution in [1.82, 2.24) is 30.0 Å². The van der Waals surface area contributed by atoms with Crippen LogP contribution >= 0.6 is 0 Å². The molecule has 0 unspecified atom stereocenters. The Bertz CT molecular complexity index is 1340. The largest absolute Gasteiger partial charge is 0.378 e. The smallest absolute Gasteiger partial charge is 0.234 e. The normalized spacial score (nSPS) is 22.7. The molecule has 10 heteroatoms. The van der Waals surface area contributed by atoms with Gasteiger partial charge in [0.25, 0.3) is 0 Å². The Morgan fingerprint density at radius 1 is 0.810 bits per heavy atom. The molecule has 6 aliphatic heterocycles. The molecule has 0 atom stereocenters. The molecule has 42 heavy (non-hydrogen) atoms. The maximum atomic E-state index is 12.6. The number of ether oxygens (including phenoxy) is 1. The lowest BCUT2D eigenvalue weighted by molar-refractivity contribution is -0.122. The molecule has 9 rings (SSSR count). The Balaban J connectivity index is 1.27. The highest BCUT2D eigenvalue weighted by atomic mass is 16.5. The predicted molar refractivity (Wildman–Crippen MR) is 166 cm³/mol. The van der Waals surface area contributed by atoms with E-state index in [0.717, 1.165) is 95.5 Å². The summed E-state index contributed by atoms with van der Waals surface area (Å²) in [6, 6.07) is 17.3. The minimum Gasteiger partial charge on any atom is -0.378 e. The number of benzene rings is 2. The van der Waals surface area contributed by atoms with Crippen molar-refractivity contribution in [1.29, 1.82) is 0 Å². The molecular formula is C32H42N8O2. The number of anilines is 3. The average Bonchev–Trinajstić information content (AvgIpc) is 3.01. The monoisotopic (exact) mass is 570 g/mol. The highest BCUT2D eigenvalue weighted by Gasteiger charge is 2.20. The van der Waals surface area contributed by atoms with Gasteiger partial charge in [-0.2, -0.15) is 0 Å². The number of hydrogen-bond acceptors (Lipinski definition) is 9. The second kappa shape index (κ2) is 13.6. The Hall–Kier alpha value is -3.57. The van der Waals surface area contributed by atoms with Crippen LogP contribution in [0.2, 0.25) is 0 Å². The molecule has 222 valence electrons. The molecular weight excluding hydrogens is 528 g/mol. The van der Waals surface area contributed by atoms with Crippen LogP contribution < -0.4 is 15.5 Å². The van der Waals surface area contributed by atoms with E-state index in [9.17, 15) is 4.79 Å². The first-order chi connectivity index (χ1) is 20.6. The van der Waals surface area contributed by atoms with Gasteiger partial charge in [-0.3, -0.25) is 14.6 Å². The zero-order valence-corrected chi connectivity index (χ0v) is 24.6. The molecule has 3 aromatic rings. The Morgan fingerprint density at radius 2 is 1.57 bits per heavy atom. The first-order valence-electron chi connectivity index (χ1n) is 15.1. The molecule has 0 saturated carbocycles. The quantitative estimate of drug-likeness (QED) is 0.459. The number of amides is 1. The predicted octanol–water partition coefficient (Wildman–Crippen LogP) is 2.79. The molecule has 2 N–H and O–H groups in total. The van der Waals surface area contributed by atoms with Crippen LogP contribution in [0.15, 0.2) is 54.7 Å². The molecule has 7 heterocycles. The third-order valence-electron chi connectivity index (χ3n) is 8.24. The summed E-state index contributed by atoms with van der Waals surface area (Å²) < 4.78 is 5.62. The highest BCUT2D eigenvalue weighted by molar-refractivity contribution is 5.78. The van der Waals surface area contributed by atoms with Gasteiger partial charge in [0.15, 0.2) is 0 Å². The lowest BCUT2D eigenvalue weighted by Gasteiger charge is -2.35. The van der Waals surface area contributed by atoms with E-state index < -0.39 is 0 Å². The molecule has 2 fully saturated rings. The molecule has 2 aromatic carbocycles. The van der Waals surface area contributed by atoms with E-state index in [2.05, 4.69) is 84.7 Å². The van der Waals surface area contributed by atoms with Crippen molar-refractivity contribution in [2.45, 2.75) is 19.5 Å². The molecule has 10 nitrogen and oxygen atoms in total. The van der Waals surface area contributed by atoms with E-state index in [0.29, 0.717) is 19.0 Å². The number of nitrogens with one attached hydrogen (secondary N) is 2. The molecule has 0 spiro atoms. The van der Waals surface area contributed by atoms with Crippen LogP contribution in [0.3, 0.4) is 0 Å². The Kier molecular flexibility index (Phi) is 9.25. The number of piperazine rings is 1. The second-order valence-corrected chi connectivity index (χ2v) is 11.6. The number of carbonyl (C=O) groups is 1. The van der Waals surface area contributed by atoms with Crippen molar-refractivity contribution < 1.29 is 9.53 Å². The standard InChI is InChI=1S/C32H42N8O2/c1-37-10-2-8-33-31(41)24-39-13-11-38(12-14-39)23-26-19-28(21-29(20-26)40-15-17-42-18-16-40)35-32-34-9-7-30(36-32)27-5-3-25(22-37)4-6-27/h3-7,9,19-21H,2,8,10-18,22-24H2,1H3,(H,33,41)(H,34,35,36). The number of aromatic nitrogens is 2. The van der Waals surface area contributed by atoms with Crippen molar-refractivity contribution in [3.05, 3.63) is 65.9 Å². The number of morpholine rings is 1. The van der Waals surface area contributed by atoms with Crippen LogP contribution in [0.1, 0.15) is 17.5 Å². The fourth-order valence-electron chi connectivity index (χ4n) is 5.92. The number of nitrogens with zero attached hydrogens (tertiary/aromatic N) is 6. The average molecular weight is 571 g/mol. The SMILES string of the molecule is CN1CCCNC(=O)CN2CCN(CC2)Cc2cc(cc(N3CCOCC3)c2)Nc2nccc(n2)-c2ccc(cc2)C1. The van der Waals surface area contributed by atoms with Crippen molar-refractivity contribution >= 4 is 23.2 Å². The van der Waals surface area contributed by atoms with Gasteiger partial charge in [0.1, 0.15) is 0 Å². The maximum absolute atomic E-state index is 12.6. The maximum Gasteiger partial charge on any atom is 0.234 e. The van der Waals surface area contributed by atoms with E-state index >= 15 is 0 Å². The van der Waals surface area contributed by atoms with E-state index in [1.165, 1.54) is 16.8 Å². The molecule has 0 radical (unpaired) electrons. The van der Waals surface area contributed by atoms with Gasteiger partial charge < -0.3 is 25.2 Å². The van der Waals surface area contributed by atoms with Gasteiger partial charge in [-0.25, -0.2) is 9.97 Å². The summed E-state index contributed by atoms with van der Waals surface area (Å²) in [5.41, 5.74) is 6.62. The first-order valence-corrected chi connectivity index (χ1v) is 15.1. The lowest BCUT2D eigenvalue weighted by atomic mass is 10.1. The van der Waals surface area contributed by atoms with Crippen LogP contribution in [0.4, 0.5) is 17.3 Å². The molecule has 1 aromatic heterocycles. The van der Waals surface area contributed by atoms with E-state index in [4.69, 9.17) is 9.72 Å². The fraction of sp³-hybridized carbons (Fsp3) is 0.469. The molecule has 0 aliphatic carbocycles. The summed E-state index contributed by atoms with van der Waals surface area (Å²) in [6.07, 6.45) is 2.75. The molecule has 2 saturated heterocycles. The minimum atomic E-state index is 0.121. The van der Waals surface area contributed by atoms with Gasteiger partial charge in [0.05, 0.1) is 25.5 Å². The number of rotatable bonds is 1. The Labute approximate surface area is 248 Å². The molecule has 8 bridgehead atoms.